The monoisotopic (exact) mass is 616 g/mol. The molecule has 0 bridgehead atoms. The normalized spacial score (nSPS) is 14.5. The van der Waals surface area contributed by atoms with Crippen LogP contribution in [0.1, 0.15) is 84.1 Å². The standard InChI is InChI=1S/C21H25.C8H13Si.C3H6.2ClH.Zr/c1-20(2,3)16-7-9-18-14(12-16)11-15-13-17(21(4,5)6)8-10-19(15)18;1-9(2,3)8-6-4-5-7-8;1-3-2;;;/h7-10,12H,11H2,1-6H3;6-7H,4H2,1-3H3;1-2H3;2*1H;/q;;;;;+2/p-2. The number of fused-ring (bicyclic) bond motifs is 3. The Kier molecular flexibility index (Phi) is 9.61. The minimum atomic E-state index is -2.21. The Labute approximate surface area is 242 Å². The van der Waals surface area contributed by atoms with Crippen LogP contribution in [0, 0.1) is 0 Å². The summed E-state index contributed by atoms with van der Waals surface area (Å²) in [4.78, 5) is 0. The molecule has 0 unspecified atom stereocenters. The Morgan fingerprint density at radius 2 is 1.44 bits per heavy atom. The number of hydrogen-bond donors (Lipinski definition) is 0. The minimum Gasteiger partial charge on any atom is -1.00 e. The van der Waals surface area contributed by atoms with Crippen LogP contribution in [0.2, 0.25) is 19.6 Å². The van der Waals surface area contributed by atoms with Gasteiger partial charge >= 0.3 is 219 Å². The van der Waals surface area contributed by atoms with E-state index in [1.54, 1.807) is 26.1 Å². The summed E-state index contributed by atoms with van der Waals surface area (Å²) in [6, 6.07) is 12.2. The van der Waals surface area contributed by atoms with E-state index in [1.165, 1.54) is 28.7 Å². The van der Waals surface area contributed by atoms with E-state index in [0.29, 0.717) is 0 Å². The van der Waals surface area contributed by atoms with Gasteiger partial charge in [0.1, 0.15) is 0 Å². The fourth-order valence-electron chi connectivity index (χ4n) is 5.61. The Balaban J connectivity index is 0.00000228. The zero-order valence-corrected chi connectivity index (χ0v) is 29.2. The van der Waals surface area contributed by atoms with Crippen LogP contribution >= 0.6 is 0 Å². The van der Waals surface area contributed by atoms with Gasteiger partial charge in [0, 0.05) is 0 Å². The fraction of sp³-hybridized carbons (Fsp3) is 0.469. The molecule has 2 aromatic rings. The van der Waals surface area contributed by atoms with E-state index in [9.17, 15) is 0 Å². The van der Waals surface area contributed by atoms with Crippen molar-refractivity contribution in [3.63, 3.8) is 0 Å². The van der Waals surface area contributed by atoms with Gasteiger partial charge in [0.15, 0.2) is 0 Å². The van der Waals surface area contributed by atoms with Gasteiger partial charge in [0.25, 0.3) is 0 Å². The fourth-order valence-corrected chi connectivity index (χ4v) is 15.4. The van der Waals surface area contributed by atoms with Gasteiger partial charge < -0.3 is 24.8 Å². The summed E-state index contributed by atoms with van der Waals surface area (Å²) < 4.78 is 5.30. The number of hydrogen-bond acceptors (Lipinski definition) is 0. The average Bonchev–Trinajstić information content (AvgIpc) is 3.31. The van der Waals surface area contributed by atoms with Gasteiger partial charge in [-0.05, 0) is 0 Å². The van der Waals surface area contributed by atoms with E-state index >= 15 is 0 Å². The van der Waals surface area contributed by atoms with E-state index in [2.05, 4.69) is 118 Å². The summed E-state index contributed by atoms with van der Waals surface area (Å²) in [6.07, 6.45) is 7.54. The van der Waals surface area contributed by atoms with Crippen molar-refractivity contribution in [2.75, 3.05) is 0 Å². The molecule has 0 N–H and O–H groups in total. The first kappa shape index (κ1) is 31.7. The first-order valence-corrected chi connectivity index (χ1v) is 20.2. The molecule has 4 rings (SSSR count). The molecule has 0 radical (unpaired) electrons. The molecule has 0 atom stereocenters. The Morgan fingerprint density at radius 3 is 1.94 bits per heavy atom. The quantitative estimate of drug-likeness (QED) is 0.396. The summed E-state index contributed by atoms with van der Waals surface area (Å²) in [5.74, 6) is 0. The third-order valence-electron chi connectivity index (χ3n) is 7.56. The third kappa shape index (κ3) is 6.03. The van der Waals surface area contributed by atoms with E-state index in [1.807, 2.05) is 0 Å². The second-order valence-corrected chi connectivity index (χ2v) is 25.9. The van der Waals surface area contributed by atoms with Crippen LogP contribution in [0.25, 0.3) is 11.1 Å². The van der Waals surface area contributed by atoms with Gasteiger partial charge in [-0.1, -0.05) is 0 Å². The number of rotatable bonds is 3. The van der Waals surface area contributed by atoms with E-state index in [0.717, 1.165) is 6.42 Å². The molecule has 0 spiro atoms. The maximum absolute atomic E-state index is 2.67. The van der Waals surface area contributed by atoms with E-state index in [4.69, 9.17) is 0 Å². The molecule has 0 saturated carbocycles. The van der Waals surface area contributed by atoms with Crippen LogP contribution in [-0.2, 0) is 38.5 Å². The Bertz CT molecular complexity index is 1250. The minimum absolute atomic E-state index is 0. The van der Waals surface area contributed by atoms with Gasteiger partial charge in [-0.25, -0.2) is 0 Å². The maximum Gasteiger partial charge on any atom is -1.00 e. The van der Waals surface area contributed by atoms with Crippen molar-refractivity contribution in [1.29, 1.82) is 0 Å². The van der Waals surface area contributed by atoms with Crippen LogP contribution in [0.3, 0.4) is 0 Å². The predicted molar refractivity (Wildman–Crippen MR) is 152 cm³/mol. The zero-order chi connectivity index (χ0) is 25.2. The number of halogens is 2. The number of allylic oxidation sites excluding steroid dienone is 4. The second kappa shape index (κ2) is 10.9. The van der Waals surface area contributed by atoms with Gasteiger partial charge in [-0.2, -0.15) is 0 Å². The summed E-state index contributed by atoms with van der Waals surface area (Å²) in [5.41, 5.74) is 9.58. The molecule has 0 aliphatic heterocycles. The maximum atomic E-state index is 2.67. The molecular weight excluding hydrogens is 575 g/mol. The molecule has 194 valence electrons. The van der Waals surface area contributed by atoms with Crippen molar-refractivity contribution in [2.45, 2.75) is 98.7 Å². The molecule has 2 aromatic carbocycles. The molecule has 0 amide bonds. The van der Waals surface area contributed by atoms with Crippen LogP contribution < -0.4 is 28.1 Å². The summed E-state index contributed by atoms with van der Waals surface area (Å²) >= 11 is -2.21. The van der Waals surface area contributed by atoms with Crippen molar-refractivity contribution in [3.8, 4) is 11.1 Å². The zero-order valence-electron chi connectivity index (χ0n) is 24.2. The molecule has 2 aliphatic carbocycles. The van der Waals surface area contributed by atoms with Gasteiger partial charge in [0.2, 0.25) is 0 Å². The van der Waals surface area contributed by atoms with Crippen LogP contribution in [0.4, 0.5) is 0 Å². The smallest absolute Gasteiger partial charge is 1.00 e. The predicted octanol–water partition coefficient (Wildman–Crippen LogP) is 2.41. The summed E-state index contributed by atoms with van der Waals surface area (Å²) in [5, 5.41) is 1.67. The van der Waals surface area contributed by atoms with Gasteiger partial charge in [0.05, 0.1) is 0 Å². The first-order valence-electron chi connectivity index (χ1n) is 13.0. The van der Waals surface area contributed by atoms with E-state index in [-0.39, 0.29) is 35.6 Å². The molecular formula is C32H44Cl2SiZr. The topological polar surface area (TPSA) is 0 Å². The van der Waals surface area contributed by atoms with Crippen molar-refractivity contribution in [1.82, 2.24) is 0 Å². The second-order valence-electron chi connectivity index (χ2n) is 13.7. The summed E-state index contributed by atoms with van der Waals surface area (Å²) in [7, 11) is -1.29. The molecule has 36 heavy (non-hydrogen) atoms. The average molecular weight is 619 g/mol. The van der Waals surface area contributed by atoms with Gasteiger partial charge in [-0.15, -0.1) is 0 Å². The molecule has 0 aromatic heterocycles. The van der Waals surface area contributed by atoms with Crippen molar-refractivity contribution in [2.24, 2.45) is 0 Å². The number of benzene rings is 2. The Hall–Kier alpha value is -0.530. The van der Waals surface area contributed by atoms with Crippen LogP contribution in [0.5, 0.6) is 0 Å². The molecule has 4 heteroatoms. The van der Waals surface area contributed by atoms with Gasteiger partial charge in [-0.3, -0.25) is 0 Å². The van der Waals surface area contributed by atoms with Crippen molar-refractivity contribution < 1.29 is 46.1 Å². The van der Waals surface area contributed by atoms with Crippen molar-refractivity contribution in [3.05, 3.63) is 73.2 Å². The third-order valence-corrected chi connectivity index (χ3v) is 17.2. The SMILES string of the molecule is C[C](C)=[Zr+2]([C]1=CC([Si](C)(C)C)=CC1)[c]1c(C(C)(C)C)ccc2c1Cc1cc(C(C)(C)C)ccc1-2.[Cl-].[Cl-]. The molecule has 0 nitrogen and oxygen atoms in total. The van der Waals surface area contributed by atoms with Crippen LogP contribution in [0.15, 0.2) is 51.0 Å². The molecule has 2 aliphatic rings. The Morgan fingerprint density at radius 1 is 0.833 bits per heavy atom. The van der Waals surface area contributed by atoms with Crippen LogP contribution in [-0.4, -0.2) is 11.3 Å². The molecule has 0 fully saturated rings. The molecule has 0 saturated heterocycles. The summed E-state index contributed by atoms with van der Waals surface area (Å²) in [6.45, 7) is 26.6. The first-order chi connectivity index (χ1) is 15.6. The molecule has 0 heterocycles. The van der Waals surface area contributed by atoms with E-state index < -0.39 is 29.3 Å². The largest absolute Gasteiger partial charge is 1.00 e. The van der Waals surface area contributed by atoms with Crippen molar-refractivity contribution >= 4 is 14.6 Å².